The molecule has 72 valence electrons. The second-order valence-corrected chi connectivity index (χ2v) is 4.02. The van der Waals surface area contributed by atoms with Crippen LogP contribution < -0.4 is 0 Å². The first kappa shape index (κ1) is 8.98. The van der Waals surface area contributed by atoms with Gasteiger partial charge < -0.3 is 0 Å². The number of nitrogens with zero attached hydrogens (tertiary/aromatic N) is 3. The summed E-state index contributed by atoms with van der Waals surface area (Å²) in [5.74, 6) is 0. The fraction of sp³-hybridized carbons (Fsp3) is 0.900. The van der Waals surface area contributed by atoms with Gasteiger partial charge in [-0.05, 0) is 12.8 Å². The summed E-state index contributed by atoms with van der Waals surface area (Å²) >= 11 is 0. The fourth-order valence-corrected chi connectivity index (χ4v) is 2.00. The second-order valence-electron chi connectivity index (χ2n) is 4.02. The molecular weight excluding hydrogens is 162 g/mol. The third-order valence-corrected chi connectivity index (χ3v) is 3.01. The summed E-state index contributed by atoms with van der Waals surface area (Å²) in [6.07, 6.45) is 3.51. The van der Waals surface area contributed by atoms with Crippen LogP contribution in [0.15, 0.2) is 0 Å². The quantitative estimate of drug-likeness (QED) is 0.638. The van der Waals surface area contributed by atoms with Gasteiger partial charge in [-0.1, -0.05) is 0 Å². The molecule has 0 aromatic carbocycles. The Kier molecular flexibility index (Phi) is 2.82. The summed E-state index contributed by atoms with van der Waals surface area (Å²) in [6, 6.07) is 3.12. The van der Waals surface area contributed by atoms with E-state index in [1.54, 1.807) is 0 Å². The maximum Gasteiger partial charge on any atom is 0.0635 e. The van der Waals surface area contributed by atoms with E-state index in [2.05, 4.69) is 15.9 Å². The largest absolute Gasteiger partial charge is 0.300 e. The van der Waals surface area contributed by atoms with E-state index in [0.29, 0.717) is 6.42 Å². The molecule has 1 aliphatic carbocycles. The highest BCUT2D eigenvalue weighted by Gasteiger charge is 2.30. The van der Waals surface area contributed by atoms with Crippen LogP contribution in [0.1, 0.15) is 19.3 Å². The third-order valence-electron chi connectivity index (χ3n) is 3.01. The van der Waals surface area contributed by atoms with Gasteiger partial charge in [0, 0.05) is 45.2 Å². The first-order valence-electron chi connectivity index (χ1n) is 5.23. The molecule has 0 aromatic heterocycles. The van der Waals surface area contributed by atoms with E-state index in [-0.39, 0.29) is 0 Å². The van der Waals surface area contributed by atoms with Crippen molar-refractivity contribution in [2.24, 2.45) is 0 Å². The Hall–Kier alpha value is -0.590. The molecule has 1 saturated carbocycles. The van der Waals surface area contributed by atoms with Crippen LogP contribution in [0.2, 0.25) is 0 Å². The average molecular weight is 179 g/mol. The lowest BCUT2D eigenvalue weighted by Crippen LogP contribution is -2.47. The zero-order valence-electron chi connectivity index (χ0n) is 8.08. The van der Waals surface area contributed by atoms with Crippen molar-refractivity contribution in [2.45, 2.75) is 25.3 Å². The van der Waals surface area contributed by atoms with Gasteiger partial charge in [-0.2, -0.15) is 5.26 Å². The average Bonchev–Trinajstić information content (AvgIpc) is 2.99. The highest BCUT2D eigenvalue weighted by atomic mass is 15.3. The predicted molar refractivity (Wildman–Crippen MR) is 51.3 cm³/mol. The van der Waals surface area contributed by atoms with Crippen LogP contribution in [-0.2, 0) is 0 Å². The maximum absolute atomic E-state index is 8.46. The minimum Gasteiger partial charge on any atom is -0.300 e. The predicted octanol–water partition coefficient (Wildman–Crippen LogP) is 0.680. The van der Waals surface area contributed by atoms with Crippen molar-refractivity contribution in [3.8, 4) is 6.07 Å². The lowest BCUT2D eigenvalue weighted by molar-refractivity contribution is 0.128. The molecule has 0 radical (unpaired) electrons. The molecule has 0 aromatic rings. The summed E-state index contributed by atoms with van der Waals surface area (Å²) in [4.78, 5) is 5.00. The van der Waals surface area contributed by atoms with E-state index in [1.165, 1.54) is 25.9 Å². The number of rotatable bonds is 3. The van der Waals surface area contributed by atoms with Crippen LogP contribution in [0.4, 0.5) is 0 Å². The van der Waals surface area contributed by atoms with E-state index < -0.39 is 0 Å². The number of hydrogen-bond acceptors (Lipinski definition) is 3. The molecule has 13 heavy (non-hydrogen) atoms. The Labute approximate surface area is 79.9 Å². The highest BCUT2D eigenvalue weighted by molar-refractivity contribution is 4.87. The molecule has 1 heterocycles. The van der Waals surface area contributed by atoms with E-state index >= 15 is 0 Å². The molecule has 3 nitrogen and oxygen atoms in total. The first-order valence-corrected chi connectivity index (χ1v) is 5.23. The SMILES string of the molecule is N#CCCN1CCN(C2CC2)CC1. The summed E-state index contributed by atoms with van der Waals surface area (Å²) in [5, 5.41) is 8.46. The smallest absolute Gasteiger partial charge is 0.0635 e. The van der Waals surface area contributed by atoms with E-state index in [9.17, 15) is 0 Å². The van der Waals surface area contributed by atoms with Gasteiger partial charge in [0.05, 0.1) is 6.07 Å². The number of nitriles is 1. The Balaban J connectivity index is 1.67. The first-order chi connectivity index (χ1) is 6.40. The van der Waals surface area contributed by atoms with Gasteiger partial charge in [0.2, 0.25) is 0 Å². The van der Waals surface area contributed by atoms with Gasteiger partial charge in [-0.3, -0.25) is 9.80 Å². The van der Waals surface area contributed by atoms with Gasteiger partial charge in [-0.25, -0.2) is 0 Å². The lowest BCUT2D eigenvalue weighted by Gasteiger charge is -2.34. The van der Waals surface area contributed by atoms with Gasteiger partial charge >= 0.3 is 0 Å². The van der Waals surface area contributed by atoms with Gasteiger partial charge in [0.25, 0.3) is 0 Å². The second kappa shape index (κ2) is 4.08. The van der Waals surface area contributed by atoms with Gasteiger partial charge in [-0.15, -0.1) is 0 Å². The summed E-state index contributed by atoms with van der Waals surface area (Å²) in [5.41, 5.74) is 0. The summed E-state index contributed by atoms with van der Waals surface area (Å²) < 4.78 is 0. The van der Waals surface area contributed by atoms with Crippen LogP contribution in [0.25, 0.3) is 0 Å². The summed E-state index contributed by atoms with van der Waals surface area (Å²) in [6.45, 7) is 5.73. The van der Waals surface area contributed by atoms with Crippen molar-refractivity contribution >= 4 is 0 Å². The van der Waals surface area contributed by atoms with Crippen LogP contribution in [0, 0.1) is 11.3 Å². The van der Waals surface area contributed by atoms with Crippen LogP contribution in [0.5, 0.6) is 0 Å². The van der Waals surface area contributed by atoms with Crippen molar-refractivity contribution in [3.63, 3.8) is 0 Å². The number of piperazine rings is 1. The Morgan fingerprint density at radius 1 is 1.15 bits per heavy atom. The Morgan fingerprint density at radius 2 is 1.85 bits per heavy atom. The van der Waals surface area contributed by atoms with Crippen molar-refractivity contribution in [1.82, 2.24) is 9.80 Å². The molecular formula is C10H17N3. The van der Waals surface area contributed by atoms with Gasteiger partial charge in [0.1, 0.15) is 0 Å². The molecule has 2 aliphatic rings. The number of hydrogen-bond donors (Lipinski definition) is 0. The molecule has 0 bridgehead atoms. The standard InChI is InChI=1S/C10H17N3/c11-4-1-5-12-6-8-13(9-7-12)10-2-3-10/h10H,1-3,5-9H2. The molecule has 3 heteroatoms. The zero-order valence-corrected chi connectivity index (χ0v) is 8.08. The van der Waals surface area contributed by atoms with Crippen molar-refractivity contribution < 1.29 is 0 Å². The lowest BCUT2D eigenvalue weighted by atomic mass is 10.3. The molecule has 0 unspecified atom stereocenters. The molecule has 1 saturated heterocycles. The molecule has 0 spiro atoms. The van der Waals surface area contributed by atoms with E-state index in [4.69, 9.17) is 5.26 Å². The van der Waals surface area contributed by atoms with Crippen molar-refractivity contribution in [2.75, 3.05) is 32.7 Å². The molecule has 2 rings (SSSR count). The van der Waals surface area contributed by atoms with E-state index in [1.807, 2.05) is 0 Å². The minimum absolute atomic E-state index is 0.684. The van der Waals surface area contributed by atoms with Crippen LogP contribution in [-0.4, -0.2) is 48.6 Å². The molecule has 0 amide bonds. The Bertz CT molecular complexity index is 197. The van der Waals surface area contributed by atoms with E-state index in [0.717, 1.165) is 25.7 Å². The fourth-order valence-electron chi connectivity index (χ4n) is 2.00. The summed E-state index contributed by atoms with van der Waals surface area (Å²) in [7, 11) is 0. The van der Waals surface area contributed by atoms with Crippen LogP contribution >= 0.6 is 0 Å². The molecule has 2 fully saturated rings. The molecule has 0 N–H and O–H groups in total. The minimum atomic E-state index is 0.684. The van der Waals surface area contributed by atoms with Crippen molar-refractivity contribution in [1.29, 1.82) is 5.26 Å². The Morgan fingerprint density at radius 3 is 2.38 bits per heavy atom. The normalized spacial score (nSPS) is 25.8. The van der Waals surface area contributed by atoms with Crippen molar-refractivity contribution in [3.05, 3.63) is 0 Å². The zero-order chi connectivity index (χ0) is 9.10. The molecule has 1 aliphatic heterocycles. The maximum atomic E-state index is 8.46. The third kappa shape index (κ3) is 2.43. The van der Waals surface area contributed by atoms with Crippen LogP contribution in [0.3, 0.4) is 0 Å². The molecule has 0 atom stereocenters. The topological polar surface area (TPSA) is 30.3 Å². The highest BCUT2D eigenvalue weighted by Crippen LogP contribution is 2.27. The van der Waals surface area contributed by atoms with Gasteiger partial charge in [0.15, 0.2) is 0 Å². The monoisotopic (exact) mass is 179 g/mol.